The van der Waals surface area contributed by atoms with Crippen molar-refractivity contribution in [2.45, 2.75) is 26.8 Å². The highest BCUT2D eigenvalue weighted by Gasteiger charge is 2.25. The van der Waals surface area contributed by atoms with Gasteiger partial charge in [-0.2, -0.15) is 0 Å². The lowest BCUT2D eigenvalue weighted by Gasteiger charge is -2.22. The number of methoxy groups -OCH3 is 2. The van der Waals surface area contributed by atoms with Crippen molar-refractivity contribution in [2.24, 2.45) is 5.92 Å². The Kier molecular flexibility index (Phi) is 7.88. The number of amides is 2. The predicted molar refractivity (Wildman–Crippen MR) is 112 cm³/mol. The number of anilines is 1. The monoisotopic (exact) mass is 400 g/mol. The SMILES string of the molecule is CCOc1ccc(C(=O)N[C@@H](C(=O)Nc2ccc(OC)c(OC)c2)C(C)C)cc1. The molecule has 156 valence electrons. The first-order chi connectivity index (χ1) is 13.9. The van der Waals surface area contributed by atoms with E-state index in [1.54, 1.807) is 49.6 Å². The summed E-state index contributed by atoms with van der Waals surface area (Å²) in [4.78, 5) is 25.4. The molecule has 0 bridgehead atoms. The van der Waals surface area contributed by atoms with Crippen LogP contribution in [-0.4, -0.2) is 38.7 Å². The number of carbonyl (C=O) groups excluding carboxylic acids is 2. The van der Waals surface area contributed by atoms with Crippen LogP contribution in [0.5, 0.6) is 17.2 Å². The number of benzene rings is 2. The molecule has 2 aromatic carbocycles. The molecule has 2 N–H and O–H groups in total. The molecule has 2 rings (SSSR count). The van der Waals surface area contributed by atoms with Crippen LogP contribution in [0, 0.1) is 5.92 Å². The van der Waals surface area contributed by atoms with Gasteiger partial charge in [-0.05, 0) is 49.2 Å². The molecule has 0 aliphatic heterocycles. The molecule has 0 aromatic heterocycles. The van der Waals surface area contributed by atoms with E-state index in [1.165, 1.54) is 7.11 Å². The van der Waals surface area contributed by atoms with E-state index in [4.69, 9.17) is 14.2 Å². The number of ether oxygens (including phenoxy) is 3. The minimum absolute atomic E-state index is 0.109. The first-order valence-corrected chi connectivity index (χ1v) is 9.46. The second-order valence-electron chi connectivity index (χ2n) is 6.71. The van der Waals surface area contributed by atoms with E-state index in [1.807, 2.05) is 20.8 Å². The van der Waals surface area contributed by atoms with Gasteiger partial charge < -0.3 is 24.8 Å². The Morgan fingerprint density at radius 2 is 1.62 bits per heavy atom. The molecule has 0 heterocycles. The highest BCUT2D eigenvalue weighted by molar-refractivity contribution is 6.01. The Morgan fingerprint density at radius 3 is 2.17 bits per heavy atom. The molecule has 0 saturated carbocycles. The first kappa shape index (κ1) is 22.1. The zero-order chi connectivity index (χ0) is 21.4. The van der Waals surface area contributed by atoms with Gasteiger partial charge in [0.15, 0.2) is 11.5 Å². The highest BCUT2D eigenvalue weighted by Crippen LogP contribution is 2.29. The molecule has 0 saturated heterocycles. The third-order valence-corrected chi connectivity index (χ3v) is 4.31. The first-order valence-electron chi connectivity index (χ1n) is 9.46. The van der Waals surface area contributed by atoms with Gasteiger partial charge in [0, 0.05) is 17.3 Å². The Bertz CT molecular complexity index is 834. The van der Waals surface area contributed by atoms with Gasteiger partial charge in [-0.3, -0.25) is 9.59 Å². The second kappa shape index (κ2) is 10.4. The molecule has 29 heavy (non-hydrogen) atoms. The van der Waals surface area contributed by atoms with Crippen molar-refractivity contribution in [2.75, 3.05) is 26.1 Å². The van der Waals surface area contributed by atoms with E-state index in [0.717, 1.165) is 0 Å². The normalized spacial score (nSPS) is 11.5. The van der Waals surface area contributed by atoms with Gasteiger partial charge in [-0.1, -0.05) is 13.8 Å². The highest BCUT2D eigenvalue weighted by atomic mass is 16.5. The molecule has 2 amide bonds. The zero-order valence-corrected chi connectivity index (χ0v) is 17.4. The third kappa shape index (κ3) is 5.88. The lowest BCUT2D eigenvalue weighted by atomic mass is 10.0. The number of carbonyl (C=O) groups is 2. The van der Waals surface area contributed by atoms with Crippen molar-refractivity contribution in [3.8, 4) is 17.2 Å². The third-order valence-electron chi connectivity index (χ3n) is 4.31. The fraction of sp³-hybridized carbons (Fsp3) is 0.364. The summed E-state index contributed by atoms with van der Waals surface area (Å²) in [6, 6.07) is 11.2. The molecule has 0 aliphatic carbocycles. The van der Waals surface area contributed by atoms with Crippen LogP contribution in [0.2, 0.25) is 0 Å². The summed E-state index contributed by atoms with van der Waals surface area (Å²) in [7, 11) is 3.07. The fourth-order valence-electron chi connectivity index (χ4n) is 2.76. The van der Waals surface area contributed by atoms with Crippen LogP contribution in [0.15, 0.2) is 42.5 Å². The van der Waals surface area contributed by atoms with Crippen LogP contribution in [0.25, 0.3) is 0 Å². The summed E-state index contributed by atoms with van der Waals surface area (Å²) in [6.45, 7) is 6.19. The minimum Gasteiger partial charge on any atom is -0.494 e. The van der Waals surface area contributed by atoms with E-state index in [-0.39, 0.29) is 17.7 Å². The van der Waals surface area contributed by atoms with Gasteiger partial charge in [0.05, 0.1) is 20.8 Å². The molecule has 2 aromatic rings. The predicted octanol–water partition coefficient (Wildman–Crippen LogP) is 3.50. The summed E-state index contributed by atoms with van der Waals surface area (Å²) in [5.74, 6) is 1.01. The number of hydrogen-bond acceptors (Lipinski definition) is 5. The van der Waals surface area contributed by atoms with Crippen molar-refractivity contribution in [1.82, 2.24) is 5.32 Å². The van der Waals surface area contributed by atoms with Crippen molar-refractivity contribution >= 4 is 17.5 Å². The van der Waals surface area contributed by atoms with E-state index in [9.17, 15) is 9.59 Å². The lowest BCUT2D eigenvalue weighted by Crippen LogP contribution is -2.47. The molecular formula is C22H28N2O5. The second-order valence-corrected chi connectivity index (χ2v) is 6.71. The molecular weight excluding hydrogens is 372 g/mol. The Hall–Kier alpha value is -3.22. The van der Waals surface area contributed by atoms with Crippen LogP contribution in [0.1, 0.15) is 31.1 Å². The summed E-state index contributed by atoms with van der Waals surface area (Å²) < 4.78 is 15.8. The summed E-state index contributed by atoms with van der Waals surface area (Å²) in [5, 5.41) is 5.63. The van der Waals surface area contributed by atoms with Crippen LogP contribution in [-0.2, 0) is 4.79 Å². The van der Waals surface area contributed by atoms with Crippen molar-refractivity contribution in [3.05, 3.63) is 48.0 Å². The Balaban J connectivity index is 2.10. The van der Waals surface area contributed by atoms with Gasteiger partial charge in [-0.15, -0.1) is 0 Å². The van der Waals surface area contributed by atoms with E-state index in [0.29, 0.717) is 35.1 Å². The Labute approximate surface area is 171 Å². The van der Waals surface area contributed by atoms with Crippen LogP contribution >= 0.6 is 0 Å². The fourth-order valence-corrected chi connectivity index (χ4v) is 2.76. The maximum Gasteiger partial charge on any atom is 0.251 e. The largest absolute Gasteiger partial charge is 0.494 e. The average Bonchev–Trinajstić information content (AvgIpc) is 2.72. The van der Waals surface area contributed by atoms with Crippen LogP contribution < -0.4 is 24.8 Å². The molecule has 0 unspecified atom stereocenters. The topological polar surface area (TPSA) is 85.9 Å². The summed E-state index contributed by atoms with van der Waals surface area (Å²) in [6.07, 6.45) is 0. The number of hydrogen-bond donors (Lipinski definition) is 2. The number of nitrogens with one attached hydrogen (secondary N) is 2. The van der Waals surface area contributed by atoms with Gasteiger partial charge in [0.1, 0.15) is 11.8 Å². The Morgan fingerprint density at radius 1 is 0.966 bits per heavy atom. The van der Waals surface area contributed by atoms with Gasteiger partial charge >= 0.3 is 0 Å². The van der Waals surface area contributed by atoms with Gasteiger partial charge in [0.2, 0.25) is 5.91 Å². The maximum atomic E-state index is 12.8. The maximum absolute atomic E-state index is 12.8. The standard InChI is InChI=1S/C22H28N2O5/c1-6-29-17-10-7-15(8-11-17)21(25)24-20(14(2)3)22(26)23-16-9-12-18(27-4)19(13-16)28-5/h7-14,20H,6H2,1-5H3,(H,23,26)(H,24,25)/t20-/m1/s1. The van der Waals surface area contributed by atoms with E-state index in [2.05, 4.69) is 10.6 Å². The zero-order valence-electron chi connectivity index (χ0n) is 17.4. The van der Waals surface area contributed by atoms with Crippen LogP contribution in [0.4, 0.5) is 5.69 Å². The van der Waals surface area contributed by atoms with Crippen LogP contribution in [0.3, 0.4) is 0 Å². The minimum atomic E-state index is -0.706. The molecule has 1 atom stereocenters. The van der Waals surface area contributed by atoms with Crippen molar-refractivity contribution < 1.29 is 23.8 Å². The molecule has 7 nitrogen and oxygen atoms in total. The van der Waals surface area contributed by atoms with Gasteiger partial charge in [0.25, 0.3) is 5.91 Å². The van der Waals surface area contributed by atoms with E-state index < -0.39 is 6.04 Å². The quantitative estimate of drug-likeness (QED) is 0.673. The molecule has 0 aliphatic rings. The van der Waals surface area contributed by atoms with E-state index >= 15 is 0 Å². The van der Waals surface area contributed by atoms with Crippen molar-refractivity contribution in [1.29, 1.82) is 0 Å². The van der Waals surface area contributed by atoms with Gasteiger partial charge in [-0.25, -0.2) is 0 Å². The smallest absolute Gasteiger partial charge is 0.251 e. The number of rotatable bonds is 9. The molecule has 7 heteroatoms. The average molecular weight is 400 g/mol. The lowest BCUT2D eigenvalue weighted by molar-refractivity contribution is -0.118. The molecule has 0 fully saturated rings. The summed E-state index contributed by atoms with van der Waals surface area (Å²) in [5.41, 5.74) is 1.01. The molecule has 0 spiro atoms. The molecule has 0 radical (unpaired) electrons. The van der Waals surface area contributed by atoms with Crippen molar-refractivity contribution in [3.63, 3.8) is 0 Å². The summed E-state index contributed by atoms with van der Waals surface area (Å²) >= 11 is 0.